The van der Waals surface area contributed by atoms with Crippen LogP contribution in [0.3, 0.4) is 0 Å². The molecule has 0 saturated heterocycles. The number of carbonyl (C=O) groups is 1. The largest absolute Gasteiger partial charge is 0.366 e. The van der Waals surface area contributed by atoms with Crippen molar-refractivity contribution in [3.63, 3.8) is 0 Å². The van der Waals surface area contributed by atoms with Crippen LogP contribution >= 0.6 is 11.3 Å². The number of rotatable bonds is 5. The van der Waals surface area contributed by atoms with E-state index >= 15 is 0 Å². The van der Waals surface area contributed by atoms with E-state index in [4.69, 9.17) is 5.73 Å². The third-order valence-electron chi connectivity index (χ3n) is 2.81. The van der Waals surface area contributed by atoms with Crippen molar-refractivity contribution in [2.24, 2.45) is 5.73 Å². The van der Waals surface area contributed by atoms with Crippen LogP contribution in [-0.2, 0) is 13.1 Å². The lowest BCUT2D eigenvalue weighted by molar-refractivity contribution is 0.100. The van der Waals surface area contributed by atoms with Gasteiger partial charge in [-0.25, -0.2) is 0 Å². The molecule has 2 aromatic rings. The molecule has 2 rings (SSSR count). The number of thiophene rings is 1. The SMILES string of the molecule is Cc1ccccc1CNCc1cc(C(N)=O)cs1. The fraction of sp³-hybridized carbons (Fsp3) is 0.214. The monoisotopic (exact) mass is 260 g/mol. The second kappa shape index (κ2) is 5.80. The highest BCUT2D eigenvalue weighted by molar-refractivity contribution is 7.10. The average Bonchev–Trinajstić information content (AvgIpc) is 2.80. The molecule has 0 aliphatic rings. The Labute approximate surface area is 111 Å². The van der Waals surface area contributed by atoms with Crippen LogP contribution in [0.5, 0.6) is 0 Å². The van der Waals surface area contributed by atoms with E-state index in [1.807, 2.05) is 18.2 Å². The van der Waals surface area contributed by atoms with Gasteiger partial charge in [0.2, 0.25) is 5.91 Å². The molecule has 0 aliphatic carbocycles. The highest BCUT2D eigenvalue weighted by Crippen LogP contribution is 2.14. The minimum Gasteiger partial charge on any atom is -0.366 e. The standard InChI is InChI=1S/C14H16N2OS/c1-10-4-2-3-5-11(10)7-16-8-13-6-12(9-18-13)14(15)17/h2-6,9,16H,7-8H2,1H3,(H2,15,17). The van der Waals surface area contributed by atoms with Crippen molar-refractivity contribution in [2.45, 2.75) is 20.0 Å². The van der Waals surface area contributed by atoms with E-state index < -0.39 is 0 Å². The van der Waals surface area contributed by atoms with Crippen molar-refractivity contribution in [1.82, 2.24) is 5.32 Å². The molecule has 4 heteroatoms. The maximum absolute atomic E-state index is 11.0. The number of aryl methyl sites for hydroxylation is 1. The van der Waals surface area contributed by atoms with Gasteiger partial charge in [-0.15, -0.1) is 11.3 Å². The van der Waals surface area contributed by atoms with E-state index in [-0.39, 0.29) is 5.91 Å². The Kier molecular flexibility index (Phi) is 4.12. The molecule has 1 aromatic carbocycles. The molecule has 0 fully saturated rings. The van der Waals surface area contributed by atoms with E-state index in [2.05, 4.69) is 24.4 Å². The Hall–Kier alpha value is -1.65. The second-order valence-electron chi connectivity index (χ2n) is 4.20. The fourth-order valence-electron chi connectivity index (χ4n) is 1.73. The molecule has 1 aromatic heterocycles. The summed E-state index contributed by atoms with van der Waals surface area (Å²) in [5, 5.41) is 5.17. The lowest BCUT2D eigenvalue weighted by Gasteiger charge is -2.06. The Bertz CT molecular complexity index is 548. The number of primary amides is 1. The number of hydrogen-bond donors (Lipinski definition) is 2. The molecule has 3 N–H and O–H groups in total. The highest BCUT2D eigenvalue weighted by atomic mass is 32.1. The summed E-state index contributed by atoms with van der Waals surface area (Å²) in [6, 6.07) is 10.1. The fourth-order valence-corrected chi connectivity index (χ4v) is 2.57. The average molecular weight is 260 g/mol. The zero-order valence-electron chi connectivity index (χ0n) is 10.3. The van der Waals surface area contributed by atoms with E-state index in [0.717, 1.165) is 18.0 Å². The summed E-state index contributed by atoms with van der Waals surface area (Å²) >= 11 is 1.55. The van der Waals surface area contributed by atoms with E-state index in [0.29, 0.717) is 5.56 Å². The summed E-state index contributed by atoms with van der Waals surface area (Å²) in [6.07, 6.45) is 0. The maximum atomic E-state index is 11.0. The first-order valence-corrected chi connectivity index (χ1v) is 6.67. The summed E-state index contributed by atoms with van der Waals surface area (Å²) < 4.78 is 0. The normalized spacial score (nSPS) is 10.5. The van der Waals surface area contributed by atoms with Gasteiger partial charge in [0.25, 0.3) is 0 Å². The lowest BCUT2D eigenvalue weighted by Crippen LogP contribution is -2.13. The van der Waals surface area contributed by atoms with Crippen LogP contribution in [0.1, 0.15) is 26.4 Å². The quantitative estimate of drug-likeness (QED) is 0.867. The third-order valence-corrected chi connectivity index (χ3v) is 3.75. The van der Waals surface area contributed by atoms with Gasteiger partial charge < -0.3 is 11.1 Å². The summed E-state index contributed by atoms with van der Waals surface area (Å²) in [7, 11) is 0. The van der Waals surface area contributed by atoms with Gasteiger partial charge in [0.15, 0.2) is 0 Å². The summed E-state index contributed by atoms with van der Waals surface area (Å²) in [6.45, 7) is 3.69. The first-order chi connectivity index (χ1) is 8.66. The van der Waals surface area contributed by atoms with Gasteiger partial charge in [-0.05, 0) is 24.1 Å². The minimum atomic E-state index is -0.364. The molecule has 94 valence electrons. The summed E-state index contributed by atoms with van der Waals surface area (Å²) in [4.78, 5) is 12.1. The van der Waals surface area contributed by atoms with Crippen LogP contribution in [-0.4, -0.2) is 5.91 Å². The predicted molar refractivity (Wildman–Crippen MR) is 74.6 cm³/mol. The van der Waals surface area contributed by atoms with Crippen molar-refractivity contribution in [2.75, 3.05) is 0 Å². The van der Waals surface area contributed by atoms with Gasteiger partial charge in [0.05, 0.1) is 5.56 Å². The highest BCUT2D eigenvalue weighted by Gasteiger charge is 2.04. The van der Waals surface area contributed by atoms with Crippen molar-refractivity contribution < 1.29 is 4.79 Å². The van der Waals surface area contributed by atoms with Gasteiger partial charge in [-0.3, -0.25) is 4.79 Å². The van der Waals surface area contributed by atoms with Gasteiger partial charge >= 0.3 is 0 Å². The van der Waals surface area contributed by atoms with Crippen LogP contribution in [0.4, 0.5) is 0 Å². The lowest BCUT2D eigenvalue weighted by atomic mass is 10.1. The Morgan fingerprint density at radius 3 is 2.78 bits per heavy atom. The molecule has 0 radical (unpaired) electrons. The molecular weight excluding hydrogens is 244 g/mol. The van der Waals surface area contributed by atoms with Gasteiger partial charge in [0.1, 0.15) is 0 Å². The molecule has 0 saturated carbocycles. The molecule has 0 atom stereocenters. The summed E-state index contributed by atoms with van der Waals surface area (Å²) in [5.74, 6) is -0.364. The first-order valence-electron chi connectivity index (χ1n) is 5.79. The van der Waals surface area contributed by atoms with Crippen molar-refractivity contribution in [1.29, 1.82) is 0 Å². The van der Waals surface area contributed by atoms with Gasteiger partial charge in [0, 0.05) is 23.3 Å². The van der Waals surface area contributed by atoms with Crippen LogP contribution in [0.25, 0.3) is 0 Å². The molecule has 3 nitrogen and oxygen atoms in total. The minimum absolute atomic E-state index is 0.364. The van der Waals surface area contributed by atoms with E-state index in [1.54, 1.807) is 16.7 Å². The molecule has 18 heavy (non-hydrogen) atoms. The predicted octanol–water partition coefficient (Wildman–Crippen LogP) is 2.45. The Morgan fingerprint density at radius 2 is 2.11 bits per heavy atom. The zero-order valence-corrected chi connectivity index (χ0v) is 11.1. The number of amides is 1. The maximum Gasteiger partial charge on any atom is 0.249 e. The van der Waals surface area contributed by atoms with Crippen LogP contribution in [0.15, 0.2) is 35.7 Å². The molecule has 1 amide bonds. The van der Waals surface area contributed by atoms with Gasteiger partial charge in [-0.1, -0.05) is 24.3 Å². The topological polar surface area (TPSA) is 55.1 Å². The Balaban J connectivity index is 1.88. The second-order valence-corrected chi connectivity index (χ2v) is 5.19. The molecular formula is C14H16N2OS. The van der Waals surface area contributed by atoms with E-state index in [9.17, 15) is 4.79 Å². The van der Waals surface area contributed by atoms with Crippen molar-refractivity contribution in [3.05, 3.63) is 57.3 Å². The number of carbonyl (C=O) groups excluding carboxylic acids is 1. The van der Waals surface area contributed by atoms with Crippen LogP contribution in [0, 0.1) is 6.92 Å². The smallest absolute Gasteiger partial charge is 0.249 e. The Morgan fingerprint density at radius 1 is 1.33 bits per heavy atom. The van der Waals surface area contributed by atoms with Crippen LogP contribution < -0.4 is 11.1 Å². The summed E-state index contributed by atoms with van der Waals surface area (Å²) in [5.41, 5.74) is 8.39. The zero-order chi connectivity index (χ0) is 13.0. The number of benzene rings is 1. The molecule has 0 aliphatic heterocycles. The number of nitrogens with two attached hydrogens (primary N) is 1. The van der Waals surface area contributed by atoms with E-state index in [1.165, 1.54) is 11.1 Å². The van der Waals surface area contributed by atoms with Crippen molar-refractivity contribution >= 4 is 17.2 Å². The first kappa shape index (κ1) is 12.8. The molecule has 0 unspecified atom stereocenters. The third kappa shape index (κ3) is 3.18. The van der Waals surface area contributed by atoms with Gasteiger partial charge in [-0.2, -0.15) is 0 Å². The molecule has 1 heterocycles. The number of hydrogen-bond acceptors (Lipinski definition) is 3. The molecule has 0 bridgehead atoms. The molecule has 0 spiro atoms. The van der Waals surface area contributed by atoms with Crippen molar-refractivity contribution in [3.8, 4) is 0 Å². The van der Waals surface area contributed by atoms with Crippen LogP contribution in [0.2, 0.25) is 0 Å². The number of nitrogens with one attached hydrogen (secondary N) is 1.